The number of likely N-dealkylation sites (tertiary alicyclic amines) is 1. The zero-order valence-electron chi connectivity index (χ0n) is 16.2. The molecule has 2 aromatic rings. The van der Waals surface area contributed by atoms with Crippen molar-refractivity contribution in [1.82, 2.24) is 30.3 Å². The molecule has 3 rings (SSSR count). The Bertz CT molecular complexity index is 766. The Morgan fingerprint density at radius 3 is 2.77 bits per heavy atom. The van der Waals surface area contributed by atoms with Gasteiger partial charge in [0.1, 0.15) is 5.82 Å². The van der Waals surface area contributed by atoms with Gasteiger partial charge in [-0.05, 0) is 14.0 Å². The van der Waals surface area contributed by atoms with Crippen LogP contribution in [-0.4, -0.2) is 51.1 Å². The summed E-state index contributed by atoms with van der Waals surface area (Å²) in [6, 6.07) is 0. The van der Waals surface area contributed by atoms with E-state index < -0.39 is 0 Å². The van der Waals surface area contributed by atoms with Crippen molar-refractivity contribution >= 4 is 5.91 Å². The van der Waals surface area contributed by atoms with E-state index in [9.17, 15) is 4.79 Å². The van der Waals surface area contributed by atoms with Gasteiger partial charge in [0.05, 0.1) is 18.2 Å². The molecule has 1 amide bonds. The number of rotatable bonds is 6. The minimum atomic E-state index is -0.140. The van der Waals surface area contributed by atoms with Crippen LogP contribution >= 0.6 is 0 Å². The SMILES string of the molecule is CCc1nc([C@H]2CN(C)C[C@@H]2C(=O)NCc2nc(C(C)C)no2)c(C)[nH]1. The summed E-state index contributed by atoms with van der Waals surface area (Å²) in [6.45, 7) is 9.90. The molecule has 3 heterocycles. The van der Waals surface area contributed by atoms with Crippen LogP contribution in [-0.2, 0) is 17.8 Å². The number of carbonyl (C=O) groups excluding carboxylic acids is 1. The summed E-state index contributed by atoms with van der Waals surface area (Å²) in [5.74, 6) is 2.22. The number of aromatic amines is 1. The van der Waals surface area contributed by atoms with E-state index in [0.717, 1.165) is 30.2 Å². The van der Waals surface area contributed by atoms with E-state index in [1.165, 1.54) is 0 Å². The van der Waals surface area contributed by atoms with Crippen LogP contribution in [0.4, 0.5) is 0 Å². The molecule has 1 aliphatic heterocycles. The van der Waals surface area contributed by atoms with E-state index in [1.807, 2.05) is 27.8 Å². The van der Waals surface area contributed by atoms with Crippen LogP contribution in [0.25, 0.3) is 0 Å². The summed E-state index contributed by atoms with van der Waals surface area (Å²) >= 11 is 0. The molecule has 0 saturated carbocycles. The van der Waals surface area contributed by atoms with Gasteiger partial charge in [0.25, 0.3) is 0 Å². The lowest BCUT2D eigenvalue weighted by Gasteiger charge is -2.16. The standard InChI is InChI=1S/C18H28N6O2/c1-6-14-20-11(4)16(21-14)12-8-24(5)9-13(12)18(25)19-7-15-22-17(10(2)3)23-26-15/h10,12-13H,6-9H2,1-5H3,(H,19,25)(H,20,21)/t12-,13-/m0/s1. The van der Waals surface area contributed by atoms with Gasteiger partial charge >= 0.3 is 0 Å². The third kappa shape index (κ3) is 3.80. The summed E-state index contributed by atoms with van der Waals surface area (Å²) in [6.07, 6.45) is 0.857. The van der Waals surface area contributed by atoms with E-state index in [4.69, 9.17) is 9.51 Å². The largest absolute Gasteiger partial charge is 0.347 e. The summed E-state index contributed by atoms with van der Waals surface area (Å²) in [5, 5.41) is 6.88. The van der Waals surface area contributed by atoms with Gasteiger partial charge in [-0.1, -0.05) is 25.9 Å². The highest BCUT2D eigenvalue weighted by Gasteiger charge is 2.39. The molecule has 1 saturated heterocycles. The predicted molar refractivity (Wildman–Crippen MR) is 96.7 cm³/mol. The molecule has 0 aromatic carbocycles. The van der Waals surface area contributed by atoms with Crippen molar-refractivity contribution in [2.45, 2.75) is 52.5 Å². The molecule has 0 radical (unpaired) electrons. The molecular weight excluding hydrogens is 332 g/mol. The van der Waals surface area contributed by atoms with Crippen molar-refractivity contribution in [2.24, 2.45) is 5.92 Å². The van der Waals surface area contributed by atoms with Gasteiger partial charge in [-0.15, -0.1) is 0 Å². The third-order valence-electron chi connectivity index (χ3n) is 4.91. The van der Waals surface area contributed by atoms with Crippen molar-refractivity contribution in [3.63, 3.8) is 0 Å². The topological polar surface area (TPSA) is 99.9 Å². The normalized spacial score (nSPS) is 20.8. The molecule has 2 N–H and O–H groups in total. The predicted octanol–water partition coefficient (Wildman–Crippen LogP) is 1.75. The number of H-pyrrole nitrogens is 1. The summed E-state index contributed by atoms with van der Waals surface area (Å²) in [5.41, 5.74) is 2.06. The van der Waals surface area contributed by atoms with Gasteiger partial charge in [-0.3, -0.25) is 4.79 Å². The number of aryl methyl sites for hydroxylation is 2. The zero-order valence-corrected chi connectivity index (χ0v) is 16.2. The minimum Gasteiger partial charge on any atom is -0.347 e. The highest BCUT2D eigenvalue weighted by molar-refractivity contribution is 5.80. The molecule has 1 aliphatic rings. The number of nitrogens with one attached hydrogen (secondary N) is 2. The number of likely N-dealkylation sites (N-methyl/N-ethyl adjacent to an activating group) is 1. The summed E-state index contributed by atoms with van der Waals surface area (Å²) in [7, 11) is 2.04. The van der Waals surface area contributed by atoms with E-state index in [-0.39, 0.29) is 30.2 Å². The smallest absolute Gasteiger partial charge is 0.246 e. The Morgan fingerprint density at radius 2 is 2.15 bits per heavy atom. The fourth-order valence-corrected chi connectivity index (χ4v) is 3.48. The van der Waals surface area contributed by atoms with Gasteiger partial charge < -0.3 is 19.7 Å². The van der Waals surface area contributed by atoms with Crippen molar-refractivity contribution < 1.29 is 9.32 Å². The van der Waals surface area contributed by atoms with Crippen LogP contribution in [0, 0.1) is 12.8 Å². The van der Waals surface area contributed by atoms with Crippen LogP contribution in [0.15, 0.2) is 4.52 Å². The second kappa shape index (κ2) is 7.57. The minimum absolute atomic E-state index is 0.00379. The summed E-state index contributed by atoms with van der Waals surface area (Å²) < 4.78 is 5.20. The number of carbonyl (C=O) groups is 1. The molecule has 8 nitrogen and oxygen atoms in total. The molecule has 0 unspecified atom stereocenters. The Kier molecular flexibility index (Phi) is 5.41. The van der Waals surface area contributed by atoms with Crippen molar-refractivity contribution in [3.05, 3.63) is 28.9 Å². The Hall–Kier alpha value is -2.22. The lowest BCUT2D eigenvalue weighted by molar-refractivity contribution is -0.125. The second-order valence-corrected chi connectivity index (χ2v) is 7.40. The van der Waals surface area contributed by atoms with Crippen LogP contribution < -0.4 is 5.32 Å². The first-order valence-electron chi connectivity index (χ1n) is 9.23. The Balaban J connectivity index is 1.69. The first-order chi connectivity index (χ1) is 12.4. The second-order valence-electron chi connectivity index (χ2n) is 7.40. The van der Waals surface area contributed by atoms with E-state index in [1.54, 1.807) is 0 Å². The van der Waals surface area contributed by atoms with Gasteiger partial charge in [-0.2, -0.15) is 4.98 Å². The fraction of sp³-hybridized carbons (Fsp3) is 0.667. The number of hydrogen-bond acceptors (Lipinski definition) is 6. The number of imidazole rings is 1. The van der Waals surface area contributed by atoms with Crippen LogP contribution in [0.1, 0.15) is 61.5 Å². The molecule has 26 heavy (non-hydrogen) atoms. The molecule has 0 spiro atoms. The van der Waals surface area contributed by atoms with E-state index >= 15 is 0 Å². The van der Waals surface area contributed by atoms with Crippen LogP contribution in [0.5, 0.6) is 0 Å². The lowest BCUT2D eigenvalue weighted by atomic mass is 9.91. The van der Waals surface area contributed by atoms with Crippen molar-refractivity contribution in [2.75, 3.05) is 20.1 Å². The molecule has 142 valence electrons. The number of amides is 1. The van der Waals surface area contributed by atoms with Gasteiger partial charge in [0.15, 0.2) is 5.82 Å². The molecule has 0 bridgehead atoms. The molecule has 2 atom stereocenters. The zero-order chi connectivity index (χ0) is 18.8. The first kappa shape index (κ1) is 18.6. The number of nitrogens with zero attached hydrogens (tertiary/aromatic N) is 4. The third-order valence-corrected chi connectivity index (χ3v) is 4.91. The van der Waals surface area contributed by atoms with Crippen LogP contribution in [0.2, 0.25) is 0 Å². The molecule has 8 heteroatoms. The van der Waals surface area contributed by atoms with Gasteiger partial charge in [0, 0.05) is 37.0 Å². The quantitative estimate of drug-likeness (QED) is 0.814. The maximum absolute atomic E-state index is 12.8. The van der Waals surface area contributed by atoms with Crippen molar-refractivity contribution in [3.8, 4) is 0 Å². The van der Waals surface area contributed by atoms with Gasteiger partial charge in [0.2, 0.25) is 11.8 Å². The van der Waals surface area contributed by atoms with Crippen molar-refractivity contribution in [1.29, 1.82) is 0 Å². The number of aromatic nitrogens is 4. The van der Waals surface area contributed by atoms with Gasteiger partial charge in [-0.25, -0.2) is 4.98 Å². The molecule has 2 aromatic heterocycles. The monoisotopic (exact) mass is 360 g/mol. The van der Waals surface area contributed by atoms with E-state index in [2.05, 4.69) is 32.3 Å². The average molecular weight is 360 g/mol. The molecular formula is C18H28N6O2. The Labute approximate surface area is 153 Å². The van der Waals surface area contributed by atoms with E-state index in [0.29, 0.717) is 18.3 Å². The highest BCUT2D eigenvalue weighted by atomic mass is 16.5. The summed E-state index contributed by atoms with van der Waals surface area (Å²) in [4.78, 5) is 27.3. The average Bonchev–Trinajstić information content (AvgIpc) is 3.30. The number of hydrogen-bond donors (Lipinski definition) is 2. The maximum Gasteiger partial charge on any atom is 0.246 e. The van der Waals surface area contributed by atoms with Crippen LogP contribution in [0.3, 0.4) is 0 Å². The lowest BCUT2D eigenvalue weighted by Crippen LogP contribution is -2.34. The molecule has 1 fully saturated rings. The molecule has 0 aliphatic carbocycles. The fourth-order valence-electron chi connectivity index (χ4n) is 3.48. The first-order valence-corrected chi connectivity index (χ1v) is 9.23. The maximum atomic E-state index is 12.8. The Morgan fingerprint density at radius 1 is 1.38 bits per heavy atom. The highest BCUT2D eigenvalue weighted by Crippen LogP contribution is 2.33.